The molecule has 2 aromatic rings. The van der Waals surface area contributed by atoms with Gasteiger partial charge in [0.2, 0.25) is 10.0 Å². The average Bonchev–Trinajstić information content (AvgIpc) is 3.04. The van der Waals surface area contributed by atoms with E-state index in [1.165, 1.54) is 30.5 Å². The van der Waals surface area contributed by atoms with Crippen molar-refractivity contribution >= 4 is 33.4 Å². The molecule has 0 saturated carbocycles. The second kappa shape index (κ2) is 8.17. The van der Waals surface area contributed by atoms with Crippen LogP contribution in [0.5, 0.6) is 0 Å². The van der Waals surface area contributed by atoms with Gasteiger partial charge in [-0.3, -0.25) is 20.4 Å². The highest BCUT2D eigenvalue weighted by Gasteiger charge is 2.20. The van der Waals surface area contributed by atoms with Gasteiger partial charge in [0.25, 0.3) is 11.8 Å². The minimum Gasteiger partial charge on any atom is -0.469 e. The minimum absolute atomic E-state index is 0.00223. The van der Waals surface area contributed by atoms with Crippen molar-refractivity contribution in [2.45, 2.75) is 11.8 Å². The number of carbonyl (C=O) groups excluding carboxylic acids is 2. The number of rotatable bonds is 6. The third kappa shape index (κ3) is 4.51. The molecule has 0 bridgehead atoms. The fraction of sp³-hybridized carbons (Fsp3) is 0.125. The number of hydrogen-bond acceptors (Lipinski definition) is 5. The fourth-order valence-electron chi connectivity index (χ4n) is 1.97. The molecular weight excluding hydrogens is 382 g/mol. The second-order valence-electron chi connectivity index (χ2n) is 5.08. The molecule has 1 aromatic heterocycles. The maximum atomic E-state index is 12.2. The van der Waals surface area contributed by atoms with Crippen LogP contribution >= 0.6 is 11.6 Å². The molecule has 0 radical (unpaired) electrons. The Morgan fingerprint density at radius 3 is 2.54 bits per heavy atom. The van der Waals surface area contributed by atoms with E-state index in [0.29, 0.717) is 5.76 Å². The normalized spacial score (nSPS) is 11.0. The Labute approximate surface area is 155 Å². The lowest BCUT2D eigenvalue weighted by molar-refractivity contribution is 0.0845. The summed E-state index contributed by atoms with van der Waals surface area (Å²) >= 11 is 5.92. The van der Waals surface area contributed by atoms with Crippen LogP contribution in [0.2, 0.25) is 5.02 Å². The van der Waals surface area contributed by atoms with Gasteiger partial charge in [-0.05, 0) is 31.2 Å². The average molecular weight is 398 g/mol. The molecule has 10 heteroatoms. The predicted octanol–water partition coefficient (Wildman–Crippen LogP) is 1.78. The van der Waals surface area contributed by atoms with Gasteiger partial charge in [0.15, 0.2) is 0 Å². The molecule has 0 spiro atoms. The quantitative estimate of drug-likeness (QED) is 0.507. The van der Waals surface area contributed by atoms with Crippen LogP contribution in [-0.4, -0.2) is 26.8 Å². The van der Waals surface area contributed by atoms with Crippen LogP contribution in [0.1, 0.15) is 26.5 Å². The summed E-state index contributed by atoms with van der Waals surface area (Å²) in [6.07, 6.45) is 2.72. The van der Waals surface area contributed by atoms with Crippen LogP contribution in [0.3, 0.4) is 0 Å². The molecule has 0 aliphatic rings. The van der Waals surface area contributed by atoms with Crippen LogP contribution in [0.25, 0.3) is 0 Å². The van der Waals surface area contributed by atoms with E-state index in [4.69, 9.17) is 16.0 Å². The first-order valence-electron chi connectivity index (χ1n) is 7.31. The zero-order valence-electron chi connectivity index (χ0n) is 13.7. The van der Waals surface area contributed by atoms with Gasteiger partial charge in [0, 0.05) is 12.1 Å². The van der Waals surface area contributed by atoms with Crippen LogP contribution < -0.4 is 15.6 Å². The number of sulfonamides is 1. The monoisotopic (exact) mass is 397 g/mol. The largest absolute Gasteiger partial charge is 0.469 e. The standard InChI is InChI=1S/C16H16ClN3O5S/c1-3-7-18-26(23,24)14-9-11(4-5-13(14)17)15(21)19-20-16(22)12-6-8-25-10(12)2/h3-6,8-9,18H,1,7H2,2H3,(H,19,21)(H,20,22). The third-order valence-electron chi connectivity index (χ3n) is 3.29. The maximum Gasteiger partial charge on any atom is 0.273 e. The van der Waals surface area contributed by atoms with E-state index in [0.717, 1.165) is 6.07 Å². The zero-order chi connectivity index (χ0) is 19.3. The van der Waals surface area contributed by atoms with E-state index in [1.807, 2.05) is 0 Å². The molecular formula is C16H16ClN3O5S. The Bertz CT molecular complexity index is 953. The summed E-state index contributed by atoms with van der Waals surface area (Å²) in [7, 11) is -3.91. The number of hydrazine groups is 1. The summed E-state index contributed by atoms with van der Waals surface area (Å²) in [6.45, 7) is 5.03. The SMILES string of the molecule is C=CCNS(=O)(=O)c1cc(C(=O)NNC(=O)c2ccoc2C)ccc1Cl. The predicted molar refractivity (Wildman–Crippen MR) is 95.2 cm³/mol. The fourth-order valence-corrected chi connectivity index (χ4v) is 3.49. The van der Waals surface area contributed by atoms with E-state index in [-0.39, 0.29) is 27.6 Å². The van der Waals surface area contributed by atoms with Crippen molar-refractivity contribution in [2.75, 3.05) is 6.54 Å². The first kappa shape index (κ1) is 19.7. The Morgan fingerprint density at radius 1 is 1.23 bits per heavy atom. The Morgan fingerprint density at radius 2 is 1.92 bits per heavy atom. The zero-order valence-corrected chi connectivity index (χ0v) is 15.3. The lowest BCUT2D eigenvalue weighted by atomic mass is 10.2. The molecule has 0 fully saturated rings. The van der Waals surface area contributed by atoms with Gasteiger partial charge in [-0.15, -0.1) is 6.58 Å². The Kier molecular flexibility index (Phi) is 6.19. The highest BCUT2D eigenvalue weighted by molar-refractivity contribution is 7.89. The third-order valence-corrected chi connectivity index (χ3v) is 5.20. The van der Waals surface area contributed by atoms with Gasteiger partial charge in [-0.1, -0.05) is 17.7 Å². The van der Waals surface area contributed by atoms with Gasteiger partial charge < -0.3 is 4.42 Å². The van der Waals surface area contributed by atoms with E-state index < -0.39 is 21.8 Å². The summed E-state index contributed by atoms with van der Waals surface area (Å²) < 4.78 is 31.7. The number of carbonyl (C=O) groups is 2. The van der Waals surface area contributed by atoms with Crippen molar-refractivity contribution < 1.29 is 22.4 Å². The van der Waals surface area contributed by atoms with Crippen LogP contribution in [0.15, 0.2) is 52.5 Å². The number of furan rings is 1. The minimum atomic E-state index is -3.91. The first-order valence-corrected chi connectivity index (χ1v) is 9.17. The summed E-state index contributed by atoms with van der Waals surface area (Å²) in [5, 5.41) is -0.0452. The highest BCUT2D eigenvalue weighted by Crippen LogP contribution is 2.22. The van der Waals surface area contributed by atoms with Crippen molar-refractivity contribution in [1.82, 2.24) is 15.6 Å². The van der Waals surface area contributed by atoms with E-state index in [2.05, 4.69) is 22.2 Å². The Balaban J connectivity index is 2.14. The molecule has 1 aromatic carbocycles. The van der Waals surface area contributed by atoms with Crippen molar-refractivity contribution in [2.24, 2.45) is 0 Å². The molecule has 26 heavy (non-hydrogen) atoms. The topological polar surface area (TPSA) is 118 Å². The van der Waals surface area contributed by atoms with Crippen LogP contribution in [0, 0.1) is 6.92 Å². The number of nitrogens with one attached hydrogen (secondary N) is 3. The van der Waals surface area contributed by atoms with Crippen LogP contribution in [0.4, 0.5) is 0 Å². The van der Waals surface area contributed by atoms with E-state index in [9.17, 15) is 18.0 Å². The van der Waals surface area contributed by atoms with Crippen LogP contribution in [-0.2, 0) is 10.0 Å². The van der Waals surface area contributed by atoms with Gasteiger partial charge in [0.1, 0.15) is 10.7 Å². The lowest BCUT2D eigenvalue weighted by Gasteiger charge is -2.10. The summed E-state index contributed by atoms with van der Waals surface area (Å²) in [4.78, 5) is 23.9. The molecule has 138 valence electrons. The summed E-state index contributed by atoms with van der Waals surface area (Å²) in [5.74, 6) is -0.889. The molecule has 0 atom stereocenters. The van der Waals surface area contributed by atoms with Crippen molar-refractivity contribution in [1.29, 1.82) is 0 Å². The van der Waals surface area contributed by atoms with E-state index in [1.54, 1.807) is 6.92 Å². The van der Waals surface area contributed by atoms with Gasteiger partial charge in [0.05, 0.1) is 16.8 Å². The van der Waals surface area contributed by atoms with Gasteiger partial charge in [-0.2, -0.15) is 0 Å². The van der Waals surface area contributed by atoms with Crippen molar-refractivity contribution in [3.05, 3.63) is 65.1 Å². The Hall–Kier alpha value is -2.62. The summed E-state index contributed by atoms with van der Waals surface area (Å²) in [5.41, 5.74) is 4.68. The highest BCUT2D eigenvalue weighted by atomic mass is 35.5. The molecule has 0 aliphatic heterocycles. The van der Waals surface area contributed by atoms with Gasteiger partial charge >= 0.3 is 0 Å². The van der Waals surface area contributed by atoms with Crippen molar-refractivity contribution in [3.63, 3.8) is 0 Å². The number of aryl methyl sites for hydroxylation is 1. The number of halogens is 1. The van der Waals surface area contributed by atoms with E-state index >= 15 is 0 Å². The molecule has 8 nitrogen and oxygen atoms in total. The molecule has 0 aliphatic carbocycles. The molecule has 2 amide bonds. The molecule has 0 unspecified atom stereocenters. The first-order chi connectivity index (χ1) is 12.3. The van der Waals surface area contributed by atoms with Crippen molar-refractivity contribution in [3.8, 4) is 0 Å². The number of hydrogen-bond donors (Lipinski definition) is 3. The summed E-state index contributed by atoms with van der Waals surface area (Å²) in [6, 6.07) is 5.17. The lowest BCUT2D eigenvalue weighted by Crippen LogP contribution is -2.41. The molecule has 0 saturated heterocycles. The number of amides is 2. The molecule has 3 N–H and O–H groups in total. The second-order valence-corrected chi connectivity index (χ2v) is 7.23. The number of benzene rings is 1. The smallest absolute Gasteiger partial charge is 0.273 e. The maximum absolute atomic E-state index is 12.2. The van der Waals surface area contributed by atoms with Gasteiger partial charge in [-0.25, -0.2) is 13.1 Å². The molecule has 1 heterocycles. The molecule has 2 rings (SSSR count).